The lowest BCUT2D eigenvalue weighted by Crippen LogP contribution is -2.17. The number of ether oxygens (including phenoxy) is 2. The number of amides is 1. The fourth-order valence-electron chi connectivity index (χ4n) is 4.92. The first-order chi connectivity index (χ1) is 22.6. The van der Waals surface area contributed by atoms with E-state index in [0.29, 0.717) is 29.6 Å². The van der Waals surface area contributed by atoms with Gasteiger partial charge in [0.15, 0.2) is 0 Å². The van der Waals surface area contributed by atoms with Crippen LogP contribution in [0.4, 0.5) is 10.5 Å². The summed E-state index contributed by atoms with van der Waals surface area (Å²) in [5.74, 6) is 0.534. The number of carboxylic acid groups (broad SMARTS) is 1. The molecule has 9 heteroatoms. The van der Waals surface area contributed by atoms with Crippen molar-refractivity contribution in [2.45, 2.75) is 27.3 Å². The Morgan fingerprint density at radius 3 is 2.34 bits per heavy atom. The number of anilines is 1. The van der Waals surface area contributed by atoms with E-state index in [1.807, 2.05) is 110 Å². The van der Waals surface area contributed by atoms with E-state index in [1.54, 1.807) is 25.3 Å². The predicted octanol–water partition coefficient (Wildman–Crippen LogP) is 9.31. The van der Waals surface area contributed by atoms with Crippen LogP contribution in [0.3, 0.4) is 0 Å². The molecule has 1 amide bonds. The molecule has 0 spiro atoms. The molecule has 1 aromatic heterocycles. The van der Waals surface area contributed by atoms with E-state index in [9.17, 15) is 14.7 Å². The van der Waals surface area contributed by atoms with Gasteiger partial charge >= 0.3 is 12.1 Å². The highest BCUT2D eigenvalue weighted by atomic mass is 35.5. The Hall–Kier alpha value is -5.34. The lowest BCUT2D eigenvalue weighted by atomic mass is 10.0. The van der Waals surface area contributed by atoms with Gasteiger partial charge in [-0.15, -0.1) is 0 Å². The molecule has 0 saturated carbocycles. The molecule has 2 N–H and O–H groups in total. The van der Waals surface area contributed by atoms with Gasteiger partial charge in [0, 0.05) is 18.3 Å². The van der Waals surface area contributed by atoms with Gasteiger partial charge in [0.25, 0.3) is 0 Å². The van der Waals surface area contributed by atoms with E-state index < -0.39 is 12.1 Å². The molecule has 0 aliphatic heterocycles. The van der Waals surface area contributed by atoms with Crippen molar-refractivity contribution in [3.05, 3.63) is 124 Å². The van der Waals surface area contributed by atoms with Crippen molar-refractivity contribution in [2.75, 3.05) is 19.0 Å². The number of hydrogen-bond donors (Lipinski definition) is 2. The third-order valence-corrected chi connectivity index (χ3v) is 7.73. The lowest BCUT2D eigenvalue weighted by molar-refractivity contribution is 0.0696. The second-order valence-electron chi connectivity index (χ2n) is 11.6. The zero-order chi connectivity index (χ0) is 33.5. The second-order valence-corrected chi connectivity index (χ2v) is 12.0. The van der Waals surface area contributed by atoms with Crippen LogP contribution in [0.1, 0.15) is 46.7 Å². The fourth-order valence-corrected chi connectivity index (χ4v) is 5.25. The number of halogens is 1. The van der Waals surface area contributed by atoms with Crippen LogP contribution in [0.15, 0.2) is 91.1 Å². The molecule has 0 atom stereocenters. The van der Waals surface area contributed by atoms with Gasteiger partial charge in [0.05, 0.1) is 35.7 Å². The van der Waals surface area contributed by atoms with Gasteiger partial charge in [-0.05, 0) is 77.1 Å². The number of nitrogens with one attached hydrogen (secondary N) is 1. The summed E-state index contributed by atoms with van der Waals surface area (Å²) in [5.41, 5.74) is 7.24. The van der Waals surface area contributed by atoms with Crippen LogP contribution in [0.5, 0.6) is 5.75 Å². The highest BCUT2D eigenvalue weighted by Crippen LogP contribution is 2.32. The summed E-state index contributed by atoms with van der Waals surface area (Å²) < 4.78 is 12.8. The van der Waals surface area contributed by atoms with Crippen LogP contribution in [0, 0.1) is 12.8 Å². The molecule has 5 aromatic rings. The number of carboxylic acids is 1. The van der Waals surface area contributed by atoms with Gasteiger partial charge in [-0.25, -0.2) is 14.6 Å². The monoisotopic (exact) mass is 649 g/mol. The maximum absolute atomic E-state index is 12.2. The summed E-state index contributed by atoms with van der Waals surface area (Å²) in [6.45, 7) is 6.77. The van der Waals surface area contributed by atoms with Crippen molar-refractivity contribution in [3.8, 4) is 28.1 Å². The number of methoxy groups -OCH3 is 1. The summed E-state index contributed by atoms with van der Waals surface area (Å²) >= 11 is 6.59. The highest BCUT2D eigenvalue weighted by Gasteiger charge is 2.13. The minimum atomic E-state index is -0.961. The number of imidazole rings is 1. The number of carbonyl (C=O) groups is 2. The Morgan fingerprint density at radius 2 is 1.68 bits per heavy atom. The van der Waals surface area contributed by atoms with E-state index >= 15 is 0 Å². The van der Waals surface area contributed by atoms with Crippen LogP contribution in [-0.4, -0.2) is 40.4 Å². The Kier molecular flexibility index (Phi) is 10.4. The van der Waals surface area contributed by atoms with E-state index in [2.05, 4.69) is 5.32 Å². The Balaban J connectivity index is 1.37. The highest BCUT2D eigenvalue weighted by molar-refractivity contribution is 6.33. The number of aromatic nitrogens is 2. The Bertz CT molecular complexity index is 1910. The maximum Gasteiger partial charge on any atom is 0.411 e. The molecule has 0 aliphatic rings. The topological polar surface area (TPSA) is 103 Å². The fraction of sp³-hybridized carbons (Fsp3) is 0.184. The van der Waals surface area contributed by atoms with E-state index in [1.165, 1.54) is 0 Å². The normalized spacial score (nSPS) is 11.2. The van der Waals surface area contributed by atoms with Crippen LogP contribution in [0.25, 0.3) is 34.5 Å². The Morgan fingerprint density at radius 1 is 0.957 bits per heavy atom. The number of rotatable bonds is 11. The number of aryl methyl sites for hydroxylation is 1. The zero-order valence-electron chi connectivity index (χ0n) is 26.7. The van der Waals surface area contributed by atoms with Crippen LogP contribution in [-0.2, 0) is 11.3 Å². The first kappa shape index (κ1) is 33.0. The van der Waals surface area contributed by atoms with E-state index in [0.717, 1.165) is 44.9 Å². The molecule has 0 fully saturated rings. The van der Waals surface area contributed by atoms with Crippen LogP contribution >= 0.6 is 11.6 Å². The smallest absolute Gasteiger partial charge is 0.411 e. The standard InChI is InChI=1S/C38H36ClN3O5/c1-24(2)23-47-38(45)41-33-17-15-30(20-35(33)46-4)28-11-6-26(7-12-28)10-18-36-40-34(31-16-5-25(3)19-32(31)39)22-42(36)21-27-8-13-29(14-9-27)37(43)44/h5-20,22,24H,21,23H2,1-4H3,(H,41,45)(H,43,44)/b18-10+. The van der Waals surface area contributed by atoms with Gasteiger partial charge in [-0.2, -0.15) is 0 Å². The SMILES string of the molecule is COc1cc(-c2ccc(/C=C/c3nc(-c4ccc(C)cc4Cl)cn3Cc3ccc(C(=O)O)cc3)cc2)ccc1NC(=O)OCC(C)C. The summed E-state index contributed by atoms with van der Waals surface area (Å²) in [7, 11) is 1.56. The molecule has 0 bridgehead atoms. The summed E-state index contributed by atoms with van der Waals surface area (Å²) in [6, 6.07) is 26.4. The lowest BCUT2D eigenvalue weighted by Gasteiger charge is -2.13. The van der Waals surface area contributed by atoms with Crippen molar-refractivity contribution < 1.29 is 24.2 Å². The molecule has 47 heavy (non-hydrogen) atoms. The molecule has 0 radical (unpaired) electrons. The minimum Gasteiger partial charge on any atom is -0.495 e. The quantitative estimate of drug-likeness (QED) is 0.148. The van der Waals surface area contributed by atoms with Crippen molar-refractivity contribution in [1.29, 1.82) is 0 Å². The average molecular weight is 650 g/mol. The van der Waals surface area contributed by atoms with Crippen molar-refractivity contribution in [3.63, 3.8) is 0 Å². The van der Waals surface area contributed by atoms with Gasteiger partial charge in [0.1, 0.15) is 11.6 Å². The molecule has 0 aliphatic carbocycles. The first-order valence-electron chi connectivity index (χ1n) is 15.2. The van der Waals surface area contributed by atoms with Gasteiger partial charge < -0.3 is 19.1 Å². The third-order valence-electron chi connectivity index (χ3n) is 7.42. The van der Waals surface area contributed by atoms with Crippen molar-refractivity contribution in [2.24, 2.45) is 5.92 Å². The first-order valence-corrected chi connectivity index (χ1v) is 15.5. The number of carbonyl (C=O) groups excluding carboxylic acids is 1. The molecule has 5 rings (SSSR count). The number of benzene rings is 4. The molecular formula is C38H36ClN3O5. The van der Waals surface area contributed by atoms with Crippen LogP contribution in [0.2, 0.25) is 5.02 Å². The van der Waals surface area contributed by atoms with Gasteiger partial charge in [0.2, 0.25) is 0 Å². The summed E-state index contributed by atoms with van der Waals surface area (Å²) in [5, 5.41) is 12.6. The molecule has 8 nitrogen and oxygen atoms in total. The summed E-state index contributed by atoms with van der Waals surface area (Å²) in [6.07, 6.45) is 5.38. The molecule has 1 heterocycles. The molecular weight excluding hydrogens is 614 g/mol. The summed E-state index contributed by atoms with van der Waals surface area (Å²) in [4.78, 5) is 28.4. The second kappa shape index (κ2) is 14.8. The molecule has 0 saturated heterocycles. The number of aromatic carboxylic acids is 1. The number of nitrogens with zero attached hydrogens (tertiary/aromatic N) is 2. The number of hydrogen-bond acceptors (Lipinski definition) is 5. The minimum absolute atomic E-state index is 0.239. The predicted molar refractivity (Wildman–Crippen MR) is 187 cm³/mol. The molecule has 0 unspecified atom stereocenters. The van der Waals surface area contributed by atoms with Crippen molar-refractivity contribution >= 4 is 41.5 Å². The Labute approximate surface area is 279 Å². The molecule has 240 valence electrons. The maximum atomic E-state index is 12.2. The van der Waals surface area contributed by atoms with Crippen molar-refractivity contribution in [1.82, 2.24) is 9.55 Å². The molecule has 4 aromatic carbocycles. The van der Waals surface area contributed by atoms with Gasteiger partial charge in [-0.3, -0.25) is 5.32 Å². The van der Waals surface area contributed by atoms with Gasteiger partial charge in [-0.1, -0.05) is 86.1 Å². The average Bonchev–Trinajstić information content (AvgIpc) is 3.45. The van der Waals surface area contributed by atoms with E-state index in [4.69, 9.17) is 26.1 Å². The zero-order valence-corrected chi connectivity index (χ0v) is 27.4. The largest absolute Gasteiger partial charge is 0.495 e. The van der Waals surface area contributed by atoms with Crippen LogP contribution < -0.4 is 10.1 Å². The van der Waals surface area contributed by atoms with E-state index in [-0.39, 0.29) is 11.5 Å². The third kappa shape index (κ3) is 8.48.